The highest BCUT2D eigenvalue weighted by molar-refractivity contribution is 4.88. The van der Waals surface area contributed by atoms with Crippen molar-refractivity contribution in [3.63, 3.8) is 0 Å². The van der Waals surface area contributed by atoms with E-state index in [0.717, 1.165) is 6.54 Å². The monoisotopic (exact) mass is 157 g/mol. The minimum atomic E-state index is -0.551. The molecule has 0 radical (unpaired) electrons. The van der Waals surface area contributed by atoms with E-state index in [-0.39, 0.29) is 12.2 Å². The molecule has 64 valence electrons. The summed E-state index contributed by atoms with van der Waals surface area (Å²) in [6, 6.07) is 0. The zero-order chi connectivity index (χ0) is 8.27. The second-order valence-corrected chi connectivity index (χ2v) is 2.87. The number of aliphatic hydroxyl groups is 1. The Bertz CT molecular complexity index is 138. The first-order valence-electron chi connectivity index (χ1n) is 3.91. The van der Waals surface area contributed by atoms with E-state index in [1.807, 2.05) is 6.92 Å². The van der Waals surface area contributed by atoms with E-state index < -0.39 is 6.10 Å². The Morgan fingerprint density at radius 1 is 1.73 bits per heavy atom. The predicted octanol–water partition coefficient (Wildman–Crippen LogP) is -0.0898. The van der Waals surface area contributed by atoms with Gasteiger partial charge in [0.1, 0.15) is 0 Å². The SMILES string of the molecule is C=C[C@H](O)[C@H]1CNC[C@@H](C)O1. The highest BCUT2D eigenvalue weighted by atomic mass is 16.5. The van der Waals surface area contributed by atoms with Gasteiger partial charge in [0.2, 0.25) is 0 Å². The molecule has 0 aliphatic carbocycles. The molecule has 1 aliphatic heterocycles. The van der Waals surface area contributed by atoms with Crippen LogP contribution in [-0.2, 0) is 4.74 Å². The number of rotatable bonds is 2. The Labute approximate surface area is 67.1 Å². The molecule has 3 atom stereocenters. The Hall–Kier alpha value is -0.380. The van der Waals surface area contributed by atoms with Crippen LogP contribution < -0.4 is 5.32 Å². The normalized spacial score (nSPS) is 34.7. The molecule has 1 aliphatic rings. The van der Waals surface area contributed by atoms with E-state index in [4.69, 9.17) is 4.74 Å². The molecule has 0 aromatic carbocycles. The van der Waals surface area contributed by atoms with E-state index in [0.29, 0.717) is 6.54 Å². The first-order valence-corrected chi connectivity index (χ1v) is 3.91. The Morgan fingerprint density at radius 2 is 2.45 bits per heavy atom. The molecule has 3 nitrogen and oxygen atoms in total. The zero-order valence-electron chi connectivity index (χ0n) is 6.79. The van der Waals surface area contributed by atoms with Crippen molar-refractivity contribution < 1.29 is 9.84 Å². The standard InChI is InChI=1S/C8H15NO2/c1-3-7(10)8-5-9-4-6(2)11-8/h3,6-10H,1,4-5H2,2H3/t6-,7+,8-/m1/s1. The summed E-state index contributed by atoms with van der Waals surface area (Å²) in [6.45, 7) is 7.05. The average Bonchev–Trinajstić information content (AvgIpc) is 2.03. The second-order valence-electron chi connectivity index (χ2n) is 2.87. The van der Waals surface area contributed by atoms with Crippen LogP contribution in [-0.4, -0.2) is 36.5 Å². The maximum Gasteiger partial charge on any atom is 0.0997 e. The first kappa shape index (κ1) is 8.71. The smallest absolute Gasteiger partial charge is 0.0997 e. The van der Waals surface area contributed by atoms with Gasteiger partial charge in [-0.2, -0.15) is 0 Å². The van der Waals surface area contributed by atoms with E-state index in [1.54, 1.807) is 0 Å². The summed E-state index contributed by atoms with van der Waals surface area (Å²) in [4.78, 5) is 0. The van der Waals surface area contributed by atoms with Gasteiger partial charge in [-0.25, -0.2) is 0 Å². The van der Waals surface area contributed by atoms with Crippen molar-refractivity contribution in [3.8, 4) is 0 Å². The van der Waals surface area contributed by atoms with E-state index >= 15 is 0 Å². The highest BCUT2D eigenvalue weighted by Gasteiger charge is 2.23. The van der Waals surface area contributed by atoms with Gasteiger partial charge in [0.25, 0.3) is 0 Å². The highest BCUT2D eigenvalue weighted by Crippen LogP contribution is 2.07. The lowest BCUT2D eigenvalue weighted by atomic mass is 10.1. The summed E-state index contributed by atoms with van der Waals surface area (Å²) in [5.74, 6) is 0. The molecule has 0 saturated carbocycles. The summed E-state index contributed by atoms with van der Waals surface area (Å²) >= 11 is 0. The lowest BCUT2D eigenvalue weighted by molar-refractivity contribution is -0.0735. The summed E-state index contributed by atoms with van der Waals surface area (Å²) in [5.41, 5.74) is 0. The number of morpholine rings is 1. The molecule has 0 spiro atoms. The van der Waals surface area contributed by atoms with Crippen molar-refractivity contribution in [3.05, 3.63) is 12.7 Å². The fraction of sp³-hybridized carbons (Fsp3) is 0.750. The molecule has 1 fully saturated rings. The van der Waals surface area contributed by atoms with Crippen LogP contribution >= 0.6 is 0 Å². The van der Waals surface area contributed by atoms with Crippen LogP contribution in [0.3, 0.4) is 0 Å². The molecular formula is C8H15NO2. The number of aliphatic hydroxyl groups excluding tert-OH is 1. The van der Waals surface area contributed by atoms with Gasteiger partial charge in [-0.15, -0.1) is 6.58 Å². The first-order chi connectivity index (χ1) is 5.24. The number of hydrogen-bond donors (Lipinski definition) is 2. The van der Waals surface area contributed by atoms with Crippen LogP contribution in [0.25, 0.3) is 0 Å². The third kappa shape index (κ3) is 2.29. The number of nitrogens with one attached hydrogen (secondary N) is 1. The van der Waals surface area contributed by atoms with E-state index in [2.05, 4.69) is 11.9 Å². The van der Waals surface area contributed by atoms with Crippen LogP contribution in [0.2, 0.25) is 0 Å². The molecule has 0 aromatic heterocycles. The predicted molar refractivity (Wildman–Crippen MR) is 43.4 cm³/mol. The van der Waals surface area contributed by atoms with Crippen molar-refractivity contribution >= 4 is 0 Å². The number of hydrogen-bond acceptors (Lipinski definition) is 3. The van der Waals surface area contributed by atoms with Gasteiger partial charge in [-0.05, 0) is 6.92 Å². The van der Waals surface area contributed by atoms with Crippen molar-refractivity contribution in [2.24, 2.45) is 0 Å². The lowest BCUT2D eigenvalue weighted by Gasteiger charge is -2.30. The van der Waals surface area contributed by atoms with Crippen molar-refractivity contribution in [1.82, 2.24) is 5.32 Å². The Balaban J connectivity index is 2.38. The van der Waals surface area contributed by atoms with Gasteiger partial charge in [-0.1, -0.05) is 6.08 Å². The zero-order valence-corrected chi connectivity index (χ0v) is 6.79. The minimum Gasteiger partial charge on any atom is -0.386 e. The van der Waals surface area contributed by atoms with Crippen LogP contribution in [0.15, 0.2) is 12.7 Å². The van der Waals surface area contributed by atoms with Crippen LogP contribution in [0.1, 0.15) is 6.92 Å². The summed E-state index contributed by atoms with van der Waals surface area (Å²) in [6.07, 6.45) is 1.01. The molecule has 1 saturated heterocycles. The topological polar surface area (TPSA) is 41.5 Å². The maximum absolute atomic E-state index is 9.32. The number of ether oxygens (including phenoxy) is 1. The third-order valence-corrected chi connectivity index (χ3v) is 1.81. The molecular weight excluding hydrogens is 142 g/mol. The Kier molecular flexibility index (Phi) is 3.05. The molecule has 0 aromatic rings. The average molecular weight is 157 g/mol. The fourth-order valence-corrected chi connectivity index (χ4v) is 1.18. The van der Waals surface area contributed by atoms with E-state index in [1.165, 1.54) is 6.08 Å². The maximum atomic E-state index is 9.32. The molecule has 1 rings (SSSR count). The van der Waals surface area contributed by atoms with Crippen LogP contribution in [0.4, 0.5) is 0 Å². The molecule has 0 amide bonds. The van der Waals surface area contributed by atoms with Gasteiger partial charge < -0.3 is 15.2 Å². The van der Waals surface area contributed by atoms with Gasteiger partial charge in [0.05, 0.1) is 18.3 Å². The largest absolute Gasteiger partial charge is 0.386 e. The molecule has 1 heterocycles. The summed E-state index contributed by atoms with van der Waals surface area (Å²) < 4.78 is 5.46. The van der Waals surface area contributed by atoms with Gasteiger partial charge in [-0.3, -0.25) is 0 Å². The summed E-state index contributed by atoms with van der Waals surface area (Å²) in [7, 11) is 0. The molecule has 0 unspecified atom stereocenters. The molecule has 0 bridgehead atoms. The fourth-order valence-electron chi connectivity index (χ4n) is 1.18. The minimum absolute atomic E-state index is 0.128. The third-order valence-electron chi connectivity index (χ3n) is 1.81. The quantitative estimate of drug-likeness (QED) is 0.550. The molecule has 3 heteroatoms. The molecule has 2 N–H and O–H groups in total. The molecule has 11 heavy (non-hydrogen) atoms. The van der Waals surface area contributed by atoms with Gasteiger partial charge in [0, 0.05) is 13.1 Å². The lowest BCUT2D eigenvalue weighted by Crippen LogP contribution is -2.48. The van der Waals surface area contributed by atoms with Crippen molar-refractivity contribution in [2.75, 3.05) is 13.1 Å². The van der Waals surface area contributed by atoms with E-state index in [9.17, 15) is 5.11 Å². The summed E-state index contributed by atoms with van der Waals surface area (Å²) in [5, 5.41) is 12.5. The van der Waals surface area contributed by atoms with Gasteiger partial charge >= 0.3 is 0 Å². The Morgan fingerprint density at radius 3 is 3.00 bits per heavy atom. The van der Waals surface area contributed by atoms with Crippen molar-refractivity contribution in [2.45, 2.75) is 25.2 Å². The van der Waals surface area contributed by atoms with Crippen LogP contribution in [0.5, 0.6) is 0 Å². The second kappa shape index (κ2) is 3.85. The van der Waals surface area contributed by atoms with Gasteiger partial charge in [0.15, 0.2) is 0 Å². The van der Waals surface area contributed by atoms with Crippen molar-refractivity contribution in [1.29, 1.82) is 0 Å². The van der Waals surface area contributed by atoms with Crippen LogP contribution in [0, 0.1) is 0 Å².